The summed E-state index contributed by atoms with van der Waals surface area (Å²) < 4.78 is 0. The molecule has 0 aromatic carbocycles. The van der Waals surface area contributed by atoms with E-state index in [0.29, 0.717) is 17.8 Å². The summed E-state index contributed by atoms with van der Waals surface area (Å²) in [6.45, 7) is 10.5. The summed E-state index contributed by atoms with van der Waals surface area (Å²) in [5.74, 6) is 1.60. The van der Waals surface area contributed by atoms with Crippen LogP contribution < -0.4 is 0 Å². The van der Waals surface area contributed by atoms with Crippen molar-refractivity contribution in [2.24, 2.45) is 22.9 Å². The van der Waals surface area contributed by atoms with Crippen LogP contribution in [0, 0.1) is 22.7 Å². The van der Waals surface area contributed by atoms with Crippen molar-refractivity contribution in [2.75, 3.05) is 0 Å². The largest absolute Gasteiger partial charge is 0.151 e. The van der Waals surface area contributed by atoms with E-state index in [-0.39, 0.29) is 6.04 Å². The molecule has 0 aromatic heterocycles. The fourth-order valence-corrected chi connectivity index (χ4v) is 1.14. The monoisotopic (exact) mass is 157 g/mol. The highest BCUT2D eigenvalue weighted by Crippen LogP contribution is 2.24. The fraction of sp³-hybridized carbons (Fsp3) is 1.00. The van der Waals surface area contributed by atoms with Gasteiger partial charge in [-0.15, -0.1) is 0 Å². The Hall–Kier alpha value is -0.400. The predicted molar refractivity (Wildman–Crippen MR) is 48.4 cm³/mol. The van der Waals surface area contributed by atoms with Crippen molar-refractivity contribution in [1.29, 1.82) is 0 Å². The summed E-state index contributed by atoms with van der Waals surface area (Å²) in [5, 5.41) is 3.04. The minimum absolute atomic E-state index is 0.0487. The lowest BCUT2D eigenvalue weighted by Crippen LogP contribution is -2.22. The van der Waals surface area contributed by atoms with Gasteiger partial charge in [0.2, 0.25) is 0 Å². The lowest BCUT2D eigenvalue weighted by Gasteiger charge is -2.24. The first kappa shape index (κ1) is 10.6. The second-order valence-corrected chi connectivity index (χ2v) is 3.81. The molecule has 2 nitrogen and oxygen atoms in total. The quantitative estimate of drug-likeness (QED) is 0.577. The van der Waals surface area contributed by atoms with Gasteiger partial charge in [0.15, 0.2) is 0 Å². The van der Waals surface area contributed by atoms with E-state index < -0.39 is 0 Å². The Morgan fingerprint density at radius 1 is 0.909 bits per heavy atom. The maximum Gasteiger partial charge on any atom is 0.0919 e. The number of nitrogens with zero attached hydrogens (tertiary/aromatic N) is 1. The van der Waals surface area contributed by atoms with E-state index in [0.717, 1.165) is 0 Å². The highest BCUT2D eigenvalue weighted by atomic mass is 16.3. The molecule has 0 amide bonds. The SMILES string of the molecule is CC(C)C(C)C(C)C(C)N=O. The minimum atomic E-state index is -0.0487. The van der Waals surface area contributed by atoms with Crippen molar-refractivity contribution >= 4 is 0 Å². The number of rotatable bonds is 4. The van der Waals surface area contributed by atoms with Crippen LogP contribution >= 0.6 is 0 Å². The molecule has 0 saturated heterocycles. The van der Waals surface area contributed by atoms with Gasteiger partial charge >= 0.3 is 0 Å². The van der Waals surface area contributed by atoms with E-state index >= 15 is 0 Å². The van der Waals surface area contributed by atoms with Crippen LogP contribution in [0.5, 0.6) is 0 Å². The zero-order valence-corrected chi connectivity index (χ0v) is 8.16. The molecule has 0 aliphatic carbocycles. The molecule has 11 heavy (non-hydrogen) atoms. The minimum Gasteiger partial charge on any atom is -0.151 e. The number of hydrogen-bond acceptors (Lipinski definition) is 2. The van der Waals surface area contributed by atoms with Crippen LogP contribution in [-0.2, 0) is 0 Å². The summed E-state index contributed by atoms with van der Waals surface area (Å²) in [6.07, 6.45) is 0. The fourth-order valence-electron chi connectivity index (χ4n) is 1.14. The summed E-state index contributed by atoms with van der Waals surface area (Å²) in [5.41, 5.74) is 0. The third-order valence-electron chi connectivity index (χ3n) is 2.81. The molecule has 3 atom stereocenters. The van der Waals surface area contributed by atoms with Gasteiger partial charge in [-0.1, -0.05) is 32.9 Å². The smallest absolute Gasteiger partial charge is 0.0919 e. The first-order chi connectivity index (χ1) is 5.00. The van der Waals surface area contributed by atoms with Crippen molar-refractivity contribution < 1.29 is 0 Å². The highest BCUT2D eigenvalue weighted by Gasteiger charge is 2.21. The maximum atomic E-state index is 10.2. The molecular formula is C9H19NO. The summed E-state index contributed by atoms with van der Waals surface area (Å²) in [4.78, 5) is 10.2. The van der Waals surface area contributed by atoms with Crippen molar-refractivity contribution in [2.45, 2.75) is 40.7 Å². The lowest BCUT2D eigenvalue weighted by molar-refractivity contribution is 0.265. The van der Waals surface area contributed by atoms with Crippen LogP contribution in [0.25, 0.3) is 0 Å². The lowest BCUT2D eigenvalue weighted by atomic mass is 9.82. The maximum absolute atomic E-state index is 10.2. The van der Waals surface area contributed by atoms with Gasteiger partial charge in [-0.3, -0.25) is 0 Å². The summed E-state index contributed by atoms with van der Waals surface area (Å²) in [7, 11) is 0. The summed E-state index contributed by atoms with van der Waals surface area (Å²) >= 11 is 0. The van der Waals surface area contributed by atoms with Gasteiger partial charge in [0, 0.05) is 0 Å². The Morgan fingerprint density at radius 2 is 1.36 bits per heavy atom. The molecule has 3 unspecified atom stereocenters. The molecule has 0 N–H and O–H groups in total. The molecule has 2 heteroatoms. The molecular weight excluding hydrogens is 138 g/mol. The van der Waals surface area contributed by atoms with Gasteiger partial charge in [-0.25, -0.2) is 0 Å². The normalized spacial score (nSPS) is 19.5. The van der Waals surface area contributed by atoms with Gasteiger partial charge in [0.1, 0.15) is 0 Å². The van der Waals surface area contributed by atoms with Gasteiger partial charge < -0.3 is 0 Å². The van der Waals surface area contributed by atoms with Crippen LogP contribution in [0.1, 0.15) is 34.6 Å². The molecule has 66 valence electrons. The number of nitroso groups, excluding NO2 is 1. The average molecular weight is 157 g/mol. The third kappa shape index (κ3) is 3.00. The molecule has 0 saturated carbocycles. The van der Waals surface area contributed by atoms with Crippen LogP contribution in [0.3, 0.4) is 0 Å². The van der Waals surface area contributed by atoms with E-state index in [1.807, 2.05) is 6.92 Å². The molecule has 0 aliphatic rings. The molecule has 0 rings (SSSR count). The molecule has 0 bridgehead atoms. The van der Waals surface area contributed by atoms with Crippen molar-refractivity contribution in [1.82, 2.24) is 0 Å². The van der Waals surface area contributed by atoms with Crippen molar-refractivity contribution in [3.8, 4) is 0 Å². The topological polar surface area (TPSA) is 29.4 Å². The Balaban J connectivity index is 4.00. The Bertz CT molecular complexity index is 123. The Kier molecular flexibility index (Phi) is 4.31. The van der Waals surface area contributed by atoms with Crippen molar-refractivity contribution in [3.63, 3.8) is 0 Å². The van der Waals surface area contributed by atoms with Crippen molar-refractivity contribution in [3.05, 3.63) is 4.91 Å². The number of hydrogen-bond donors (Lipinski definition) is 0. The zero-order chi connectivity index (χ0) is 9.02. The first-order valence-corrected chi connectivity index (χ1v) is 4.33. The molecule has 0 fully saturated rings. The van der Waals surface area contributed by atoms with E-state index in [4.69, 9.17) is 0 Å². The second kappa shape index (κ2) is 4.47. The van der Waals surface area contributed by atoms with E-state index in [2.05, 4.69) is 32.9 Å². The van der Waals surface area contributed by atoms with E-state index in [9.17, 15) is 4.91 Å². The van der Waals surface area contributed by atoms with Gasteiger partial charge in [-0.05, 0) is 24.7 Å². The van der Waals surface area contributed by atoms with Crippen LogP contribution in [0.4, 0.5) is 0 Å². The standard InChI is InChI=1S/C9H19NO/c1-6(2)7(3)8(4)9(5)10-11/h6-9H,1-5H3. The molecule has 0 spiro atoms. The van der Waals surface area contributed by atoms with Gasteiger partial charge in [0.05, 0.1) is 6.04 Å². The van der Waals surface area contributed by atoms with E-state index in [1.165, 1.54) is 0 Å². The predicted octanol–water partition coefficient (Wildman–Crippen LogP) is 3.07. The zero-order valence-electron chi connectivity index (χ0n) is 8.16. The second-order valence-electron chi connectivity index (χ2n) is 3.81. The van der Waals surface area contributed by atoms with E-state index in [1.54, 1.807) is 0 Å². The third-order valence-corrected chi connectivity index (χ3v) is 2.81. The molecule has 0 heterocycles. The molecule has 0 aromatic rings. The first-order valence-electron chi connectivity index (χ1n) is 4.33. The molecule has 0 aliphatic heterocycles. The van der Waals surface area contributed by atoms with Crippen LogP contribution in [0.2, 0.25) is 0 Å². The van der Waals surface area contributed by atoms with Crippen LogP contribution in [0.15, 0.2) is 5.18 Å². The highest BCUT2D eigenvalue weighted by molar-refractivity contribution is 4.74. The summed E-state index contributed by atoms with van der Waals surface area (Å²) in [6, 6.07) is -0.0487. The average Bonchev–Trinajstić information content (AvgIpc) is 2.00. The Morgan fingerprint density at radius 3 is 1.64 bits per heavy atom. The Labute approximate surface area is 69.4 Å². The van der Waals surface area contributed by atoms with Gasteiger partial charge in [0.25, 0.3) is 0 Å². The molecule has 0 radical (unpaired) electrons. The van der Waals surface area contributed by atoms with Gasteiger partial charge in [-0.2, -0.15) is 4.91 Å². The van der Waals surface area contributed by atoms with Crippen LogP contribution in [-0.4, -0.2) is 6.04 Å².